The maximum atomic E-state index is 13.6. The summed E-state index contributed by atoms with van der Waals surface area (Å²) in [5.41, 5.74) is 5.44. The van der Waals surface area contributed by atoms with Gasteiger partial charge in [-0.05, 0) is 6.07 Å². The molecule has 5 nitrogen and oxygen atoms in total. The lowest BCUT2D eigenvalue weighted by Crippen LogP contribution is -2.03. The molecule has 2 aromatic heterocycles. The van der Waals surface area contributed by atoms with Crippen molar-refractivity contribution in [3.05, 3.63) is 29.8 Å². The molecule has 0 unspecified atom stereocenters. The van der Waals surface area contributed by atoms with E-state index in [0.29, 0.717) is 0 Å². The second kappa shape index (κ2) is 3.23. The van der Waals surface area contributed by atoms with Gasteiger partial charge < -0.3 is 10.5 Å². The van der Waals surface area contributed by atoms with Crippen molar-refractivity contribution in [2.45, 2.75) is 0 Å². The van der Waals surface area contributed by atoms with E-state index in [1.165, 1.54) is 30.1 Å². The summed E-state index contributed by atoms with van der Waals surface area (Å²) in [5, 5.41) is 3.81. The van der Waals surface area contributed by atoms with E-state index in [2.05, 4.69) is 9.84 Å². The summed E-state index contributed by atoms with van der Waals surface area (Å²) in [7, 11) is 1.22. The Bertz CT molecular complexity index is 535. The van der Waals surface area contributed by atoms with Gasteiger partial charge in [-0.15, -0.1) is 0 Å². The van der Waals surface area contributed by atoms with Crippen LogP contribution in [-0.4, -0.2) is 22.7 Å². The van der Waals surface area contributed by atoms with Gasteiger partial charge in [-0.1, -0.05) is 0 Å². The zero-order valence-corrected chi connectivity index (χ0v) is 7.90. The molecule has 2 aromatic rings. The summed E-state index contributed by atoms with van der Waals surface area (Å²) in [5.74, 6) is -1.31. The number of carbonyl (C=O) groups excluding carboxylic acids is 1. The van der Waals surface area contributed by atoms with Crippen LogP contribution in [0.2, 0.25) is 0 Å². The average molecular weight is 209 g/mol. The van der Waals surface area contributed by atoms with E-state index in [4.69, 9.17) is 5.73 Å². The second-order valence-corrected chi connectivity index (χ2v) is 2.93. The number of hydrogen-bond acceptors (Lipinski definition) is 4. The van der Waals surface area contributed by atoms with Crippen LogP contribution in [0.15, 0.2) is 18.5 Å². The van der Waals surface area contributed by atoms with E-state index in [9.17, 15) is 9.18 Å². The predicted molar refractivity (Wildman–Crippen MR) is 50.9 cm³/mol. The van der Waals surface area contributed by atoms with E-state index >= 15 is 0 Å². The molecule has 6 heteroatoms. The highest BCUT2D eigenvalue weighted by molar-refractivity contribution is 5.97. The molecule has 0 spiro atoms. The molecule has 2 rings (SSSR count). The highest BCUT2D eigenvalue weighted by Gasteiger charge is 2.17. The molecule has 0 aromatic carbocycles. The number of fused-ring (bicyclic) bond motifs is 1. The number of nitrogen functional groups attached to an aromatic ring is 1. The van der Waals surface area contributed by atoms with Gasteiger partial charge in [0.05, 0.1) is 19.0 Å². The van der Waals surface area contributed by atoms with Gasteiger partial charge in [0.25, 0.3) is 0 Å². The molecule has 0 saturated heterocycles. The van der Waals surface area contributed by atoms with Crippen molar-refractivity contribution >= 4 is 17.2 Å². The van der Waals surface area contributed by atoms with Gasteiger partial charge in [0, 0.05) is 6.20 Å². The molecule has 2 N–H and O–H groups in total. The van der Waals surface area contributed by atoms with Crippen molar-refractivity contribution in [1.29, 1.82) is 0 Å². The summed E-state index contributed by atoms with van der Waals surface area (Å²) in [6, 6.07) is 1.37. The zero-order chi connectivity index (χ0) is 11.0. The number of esters is 1. The monoisotopic (exact) mass is 209 g/mol. The van der Waals surface area contributed by atoms with Crippen molar-refractivity contribution < 1.29 is 13.9 Å². The number of aromatic nitrogens is 2. The number of carbonyl (C=O) groups is 1. The Morgan fingerprint density at radius 3 is 3.07 bits per heavy atom. The normalized spacial score (nSPS) is 10.5. The highest BCUT2D eigenvalue weighted by atomic mass is 19.1. The van der Waals surface area contributed by atoms with Gasteiger partial charge in [-0.2, -0.15) is 5.10 Å². The number of rotatable bonds is 1. The molecule has 0 radical (unpaired) electrons. The minimum Gasteiger partial charge on any atom is -0.465 e. The van der Waals surface area contributed by atoms with Crippen LogP contribution < -0.4 is 5.73 Å². The van der Waals surface area contributed by atoms with Crippen LogP contribution in [0, 0.1) is 5.82 Å². The maximum Gasteiger partial charge on any atom is 0.341 e. The van der Waals surface area contributed by atoms with Crippen molar-refractivity contribution in [3.63, 3.8) is 0 Å². The molecule has 0 bridgehead atoms. The number of methoxy groups -OCH3 is 1. The minimum absolute atomic E-state index is 0.0295. The summed E-state index contributed by atoms with van der Waals surface area (Å²) in [6.07, 6.45) is 2.71. The first kappa shape index (κ1) is 9.45. The Labute approximate surface area is 84.2 Å². The average Bonchev–Trinajstić information content (AvgIpc) is 2.67. The van der Waals surface area contributed by atoms with Gasteiger partial charge in [-0.25, -0.2) is 13.7 Å². The zero-order valence-electron chi connectivity index (χ0n) is 7.90. The van der Waals surface area contributed by atoms with Crippen LogP contribution in [0.25, 0.3) is 5.52 Å². The number of nitrogens with two attached hydrogens (primary N) is 1. The molecular weight excluding hydrogens is 201 g/mol. The van der Waals surface area contributed by atoms with Gasteiger partial charge >= 0.3 is 5.97 Å². The predicted octanol–water partition coefficient (Wildman–Crippen LogP) is 0.842. The first-order chi connectivity index (χ1) is 7.15. The molecule has 15 heavy (non-hydrogen) atoms. The molecule has 0 aliphatic heterocycles. The van der Waals surface area contributed by atoms with Crippen molar-refractivity contribution in [2.75, 3.05) is 12.8 Å². The van der Waals surface area contributed by atoms with E-state index in [1.54, 1.807) is 0 Å². The fourth-order valence-electron chi connectivity index (χ4n) is 1.31. The Morgan fingerprint density at radius 2 is 2.40 bits per heavy atom. The molecule has 78 valence electrons. The third-order valence-electron chi connectivity index (χ3n) is 2.06. The number of pyridine rings is 1. The Hall–Kier alpha value is -2.11. The Kier molecular flexibility index (Phi) is 2.03. The van der Waals surface area contributed by atoms with Crippen LogP contribution in [0.3, 0.4) is 0 Å². The lowest BCUT2D eigenvalue weighted by Gasteiger charge is -2.00. The first-order valence-corrected chi connectivity index (χ1v) is 4.14. The number of anilines is 1. The van der Waals surface area contributed by atoms with E-state index in [-0.39, 0.29) is 16.8 Å². The third kappa shape index (κ3) is 1.30. The lowest BCUT2D eigenvalue weighted by molar-refractivity contribution is 0.0602. The SMILES string of the molecule is COC(=O)c1cnn2ccc(N)c(F)c12. The van der Waals surface area contributed by atoms with Crippen molar-refractivity contribution in [2.24, 2.45) is 0 Å². The Balaban J connectivity index is 2.77. The largest absolute Gasteiger partial charge is 0.465 e. The van der Waals surface area contributed by atoms with Crippen LogP contribution >= 0.6 is 0 Å². The fourth-order valence-corrected chi connectivity index (χ4v) is 1.31. The molecule has 0 aliphatic rings. The molecule has 0 fully saturated rings. The highest BCUT2D eigenvalue weighted by Crippen LogP contribution is 2.20. The third-order valence-corrected chi connectivity index (χ3v) is 2.06. The summed E-state index contributed by atoms with van der Waals surface area (Å²) in [4.78, 5) is 11.3. The first-order valence-electron chi connectivity index (χ1n) is 4.14. The molecular formula is C9H8FN3O2. The number of nitrogens with zero attached hydrogens (tertiary/aromatic N) is 2. The second-order valence-electron chi connectivity index (χ2n) is 2.93. The number of hydrogen-bond donors (Lipinski definition) is 1. The topological polar surface area (TPSA) is 69.6 Å². The summed E-state index contributed by atoms with van der Waals surface area (Å²) < 4.78 is 19.3. The van der Waals surface area contributed by atoms with Gasteiger partial charge in [0.1, 0.15) is 11.1 Å². The smallest absolute Gasteiger partial charge is 0.341 e. The standard InChI is InChI=1S/C9H8FN3O2/c1-15-9(14)5-4-12-13-3-2-6(11)7(10)8(5)13/h2-4H,11H2,1H3. The van der Waals surface area contributed by atoms with Crippen LogP contribution in [-0.2, 0) is 4.74 Å². The van der Waals surface area contributed by atoms with E-state index in [0.717, 1.165) is 0 Å². The van der Waals surface area contributed by atoms with E-state index in [1.807, 2.05) is 0 Å². The lowest BCUT2D eigenvalue weighted by atomic mass is 10.2. The molecule has 0 atom stereocenters. The molecule has 2 heterocycles. The van der Waals surface area contributed by atoms with Crippen LogP contribution in [0.5, 0.6) is 0 Å². The number of halogens is 1. The molecule has 0 amide bonds. The maximum absolute atomic E-state index is 13.6. The van der Waals surface area contributed by atoms with Crippen LogP contribution in [0.1, 0.15) is 10.4 Å². The van der Waals surface area contributed by atoms with Gasteiger partial charge in [-0.3, -0.25) is 0 Å². The molecule has 0 aliphatic carbocycles. The Morgan fingerprint density at radius 1 is 1.67 bits per heavy atom. The van der Waals surface area contributed by atoms with Crippen molar-refractivity contribution in [1.82, 2.24) is 9.61 Å². The quantitative estimate of drug-likeness (QED) is 0.706. The van der Waals surface area contributed by atoms with Gasteiger partial charge in [0.15, 0.2) is 5.82 Å². The summed E-state index contributed by atoms with van der Waals surface area (Å²) in [6.45, 7) is 0. The van der Waals surface area contributed by atoms with E-state index < -0.39 is 11.8 Å². The molecule has 0 saturated carbocycles. The summed E-state index contributed by atoms with van der Waals surface area (Å²) >= 11 is 0. The fraction of sp³-hybridized carbons (Fsp3) is 0.111. The van der Waals surface area contributed by atoms with Crippen LogP contribution in [0.4, 0.5) is 10.1 Å². The van der Waals surface area contributed by atoms with Gasteiger partial charge in [0.2, 0.25) is 0 Å². The minimum atomic E-state index is -0.671. The van der Waals surface area contributed by atoms with Crippen molar-refractivity contribution in [3.8, 4) is 0 Å². The number of ether oxygens (including phenoxy) is 1.